The lowest BCUT2D eigenvalue weighted by atomic mass is 9.75. The number of piperidine rings is 1. The van der Waals surface area contributed by atoms with Crippen LogP contribution in [-0.2, 0) is 0 Å². The fourth-order valence-electron chi connectivity index (χ4n) is 4.64. The zero-order valence-electron chi connectivity index (χ0n) is 15.0. The van der Waals surface area contributed by atoms with Gasteiger partial charge in [0, 0.05) is 29.1 Å². The van der Waals surface area contributed by atoms with Gasteiger partial charge in [-0.2, -0.15) is 0 Å². The minimum Gasteiger partial charge on any atom is -0.361 e. The van der Waals surface area contributed by atoms with Crippen molar-refractivity contribution in [2.45, 2.75) is 62.9 Å². The maximum Gasteiger partial charge on any atom is 0.142 e. The topological polar surface area (TPSA) is 29.3 Å². The molecule has 2 fully saturated rings. The summed E-state index contributed by atoms with van der Waals surface area (Å²) in [6, 6.07) is 11.8. The molecule has 4 rings (SSSR count). The number of halogens is 2. The number of fused-ring (bicyclic) bond motifs is 2. The first-order valence-corrected chi connectivity index (χ1v) is 9.36. The van der Waals surface area contributed by atoms with Gasteiger partial charge in [0.05, 0.1) is 5.69 Å². The summed E-state index contributed by atoms with van der Waals surface area (Å²) in [5, 5.41) is 5.12. The van der Waals surface area contributed by atoms with Gasteiger partial charge in [-0.05, 0) is 55.8 Å². The predicted octanol–water partition coefficient (Wildman–Crippen LogP) is 5.61. The van der Waals surface area contributed by atoms with Crippen LogP contribution in [0.2, 0.25) is 5.02 Å². The average Bonchev–Trinajstić information content (AvgIpc) is 3.12. The molecule has 0 amide bonds. The van der Waals surface area contributed by atoms with E-state index < -0.39 is 0 Å². The van der Waals surface area contributed by atoms with E-state index in [1.165, 1.54) is 24.8 Å². The molecule has 3 heterocycles. The summed E-state index contributed by atoms with van der Waals surface area (Å²) < 4.78 is 5.84. The molecule has 1 aromatic heterocycles. The molecule has 2 unspecified atom stereocenters. The predicted molar refractivity (Wildman–Crippen MR) is 104 cm³/mol. The zero-order valence-corrected chi connectivity index (χ0v) is 16.6. The molecule has 136 valence electrons. The van der Waals surface area contributed by atoms with Crippen LogP contribution in [0.5, 0.6) is 0 Å². The van der Waals surface area contributed by atoms with Crippen molar-refractivity contribution >= 4 is 24.0 Å². The molecule has 0 radical (unpaired) electrons. The molecule has 2 bridgehead atoms. The second-order valence-corrected chi connectivity index (χ2v) is 8.13. The smallest absolute Gasteiger partial charge is 0.142 e. The monoisotopic (exact) mass is 380 g/mol. The van der Waals surface area contributed by atoms with E-state index in [9.17, 15) is 0 Å². The second-order valence-electron chi connectivity index (χ2n) is 7.69. The van der Waals surface area contributed by atoms with Crippen molar-refractivity contribution in [2.75, 3.05) is 7.05 Å². The minimum absolute atomic E-state index is 0. The van der Waals surface area contributed by atoms with E-state index in [2.05, 4.69) is 49.2 Å². The second kappa shape index (κ2) is 7.30. The standard InChI is InChI=1S/C20H25ClN2O.ClH/c1-12(2)17-11-19(24-22-17)20-16(13-4-6-14(21)7-5-13)10-15-8-9-18(20)23(15)3;/h4-7,11-12,15-16,18,20H,8-10H2,1-3H3;1H/t15?,16-,18?,20+;/m1./s1. The Labute approximate surface area is 161 Å². The van der Waals surface area contributed by atoms with E-state index in [1.807, 2.05) is 12.1 Å². The maximum absolute atomic E-state index is 6.10. The number of hydrogen-bond acceptors (Lipinski definition) is 3. The van der Waals surface area contributed by atoms with Crippen LogP contribution in [0.25, 0.3) is 0 Å². The molecular formula is C20H26Cl2N2O. The van der Waals surface area contributed by atoms with Gasteiger partial charge in [0.25, 0.3) is 0 Å². The van der Waals surface area contributed by atoms with Crippen molar-refractivity contribution in [3.05, 3.63) is 52.4 Å². The fraction of sp³-hybridized carbons (Fsp3) is 0.550. The van der Waals surface area contributed by atoms with Crippen molar-refractivity contribution < 1.29 is 4.52 Å². The van der Waals surface area contributed by atoms with E-state index in [0.29, 0.717) is 29.8 Å². The Bertz CT molecular complexity index is 713. The van der Waals surface area contributed by atoms with E-state index in [4.69, 9.17) is 16.1 Å². The number of aromatic nitrogens is 1. The van der Waals surface area contributed by atoms with Gasteiger partial charge in [-0.15, -0.1) is 12.4 Å². The molecule has 2 aliphatic rings. The molecule has 4 atom stereocenters. The van der Waals surface area contributed by atoms with Crippen LogP contribution in [0.4, 0.5) is 0 Å². The van der Waals surface area contributed by atoms with Gasteiger partial charge in [0.2, 0.25) is 0 Å². The number of nitrogens with zero attached hydrogens (tertiary/aromatic N) is 2. The van der Waals surface area contributed by atoms with Crippen LogP contribution >= 0.6 is 24.0 Å². The Morgan fingerprint density at radius 2 is 1.92 bits per heavy atom. The average molecular weight is 381 g/mol. The van der Waals surface area contributed by atoms with Crippen molar-refractivity contribution in [3.63, 3.8) is 0 Å². The number of likely N-dealkylation sites (N-methyl/N-ethyl adjacent to an activating group) is 1. The fourth-order valence-corrected chi connectivity index (χ4v) is 4.77. The lowest BCUT2D eigenvalue weighted by Crippen LogP contribution is -2.44. The Balaban J connectivity index is 0.00000182. The molecule has 0 spiro atoms. The molecule has 3 nitrogen and oxygen atoms in total. The van der Waals surface area contributed by atoms with Crippen LogP contribution in [-0.4, -0.2) is 29.2 Å². The van der Waals surface area contributed by atoms with Crippen molar-refractivity contribution in [1.82, 2.24) is 10.1 Å². The molecule has 0 saturated carbocycles. The summed E-state index contributed by atoms with van der Waals surface area (Å²) >= 11 is 6.10. The number of rotatable bonds is 3. The van der Waals surface area contributed by atoms with Crippen LogP contribution in [0.15, 0.2) is 34.9 Å². The van der Waals surface area contributed by atoms with Crippen LogP contribution in [0.1, 0.15) is 67.9 Å². The third-order valence-electron chi connectivity index (χ3n) is 6.03. The van der Waals surface area contributed by atoms with Gasteiger partial charge in [0.1, 0.15) is 5.76 Å². The number of hydrogen-bond donors (Lipinski definition) is 0. The Hall–Kier alpha value is -1.03. The third-order valence-corrected chi connectivity index (χ3v) is 6.29. The van der Waals surface area contributed by atoms with Crippen LogP contribution < -0.4 is 0 Å². The highest BCUT2D eigenvalue weighted by atomic mass is 35.5. The Morgan fingerprint density at radius 3 is 2.56 bits per heavy atom. The van der Waals surface area contributed by atoms with Gasteiger partial charge in [-0.3, -0.25) is 4.90 Å². The maximum atomic E-state index is 6.10. The highest BCUT2D eigenvalue weighted by molar-refractivity contribution is 6.30. The summed E-state index contributed by atoms with van der Waals surface area (Å²) in [6.07, 6.45) is 3.71. The molecule has 5 heteroatoms. The molecule has 0 aliphatic carbocycles. The van der Waals surface area contributed by atoms with Gasteiger partial charge >= 0.3 is 0 Å². The molecule has 2 aliphatic heterocycles. The highest BCUT2D eigenvalue weighted by Gasteiger charge is 2.48. The molecule has 0 N–H and O–H groups in total. The summed E-state index contributed by atoms with van der Waals surface area (Å²) in [6.45, 7) is 4.33. The SMILES string of the molecule is CC(C)c1cc([C@@H]2C3CCC(C[C@@H]2c2ccc(Cl)cc2)N3C)on1.Cl. The Kier molecular flexibility index (Phi) is 5.48. The Morgan fingerprint density at radius 1 is 1.20 bits per heavy atom. The van der Waals surface area contributed by atoms with Gasteiger partial charge in [-0.25, -0.2) is 0 Å². The van der Waals surface area contributed by atoms with Gasteiger partial charge in [-0.1, -0.05) is 42.7 Å². The van der Waals surface area contributed by atoms with E-state index in [1.54, 1.807) is 0 Å². The van der Waals surface area contributed by atoms with E-state index in [0.717, 1.165) is 16.5 Å². The van der Waals surface area contributed by atoms with E-state index in [-0.39, 0.29) is 12.4 Å². The van der Waals surface area contributed by atoms with Gasteiger partial charge in [0.15, 0.2) is 0 Å². The normalized spacial score (nSPS) is 29.0. The van der Waals surface area contributed by atoms with Crippen molar-refractivity contribution in [1.29, 1.82) is 0 Å². The van der Waals surface area contributed by atoms with Crippen LogP contribution in [0, 0.1) is 0 Å². The lowest BCUT2D eigenvalue weighted by molar-refractivity contribution is 0.122. The third kappa shape index (κ3) is 3.34. The summed E-state index contributed by atoms with van der Waals surface area (Å²) in [5.41, 5.74) is 2.43. The first-order chi connectivity index (χ1) is 11.5. The quantitative estimate of drug-likeness (QED) is 0.692. The molecule has 1 aromatic carbocycles. The molecule has 2 aromatic rings. The molecule has 25 heavy (non-hydrogen) atoms. The summed E-state index contributed by atoms with van der Waals surface area (Å²) in [5.74, 6) is 2.30. The zero-order chi connectivity index (χ0) is 16.8. The van der Waals surface area contributed by atoms with Gasteiger partial charge < -0.3 is 4.52 Å². The van der Waals surface area contributed by atoms with Crippen molar-refractivity contribution in [2.24, 2.45) is 0 Å². The molecule has 2 saturated heterocycles. The minimum atomic E-state index is 0. The first-order valence-electron chi connectivity index (χ1n) is 8.98. The van der Waals surface area contributed by atoms with Crippen LogP contribution in [0.3, 0.4) is 0 Å². The first kappa shape index (κ1) is 18.8. The highest BCUT2D eigenvalue weighted by Crippen LogP contribution is 2.51. The molecular weight excluding hydrogens is 355 g/mol. The van der Waals surface area contributed by atoms with Crippen molar-refractivity contribution in [3.8, 4) is 0 Å². The lowest BCUT2D eigenvalue weighted by Gasteiger charge is -2.42. The summed E-state index contributed by atoms with van der Waals surface area (Å²) in [7, 11) is 2.27. The van der Waals surface area contributed by atoms with E-state index >= 15 is 0 Å². The summed E-state index contributed by atoms with van der Waals surface area (Å²) in [4.78, 5) is 2.56. The number of benzene rings is 1. The largest absolute Gasteiger partial charge is 0.361 e.